The number of benzene rings is 1. The lowest BCUT2D eigenvalue weighted by atomic mass is 10.1. The van der Waals surface area contributed by atoms with Gasteiger partial charge in [0.25, 0.3) is 0 Å². The molecular formula is C18H26ClN3. The summed E-state index contributed by atoms with van der Waals surface area (Å²) in [5, 5.41) is 8.91. The van der Waals surface area contributed by atoms with E-state index in [1.54, 1.807) is 0 Å². The van der Waals surface area contributed by atoms with E-state index in [2.05, 4.69) is 36.4 Å². The minimum atomic E-state index is 0.445. The molecule has 22 heavy (non-hydrogen) atoms. The van der Waals surface area contributed by atoms with E-state index in [1.165, 1.54) is 12.8 Å². The first-order valence-electron chi connectivity index (χ1n) is 8.10. The van der Waals surface area contributed by atoms with Crippen molar-refractivity contribution in [1.82, 2.24) is 10.3 Å². The van der Waals surface area contributed by atoms with E-state index in [-0.39, 0.29) is 0 Å². The number of hydrogen-bond donors (Lipinski definition) is 2. The third-order valence-corrected chi connectivity index (χ3v) is 3.96. The second-order valence-electron chi connectivity index (χ2n) is 6.17. The maximum Gasteiger partial charge on any atom is 0.0737 e. The zero-order chi connectivity index (χ0) is 15.9. The van der Waals surface area contributed by atoms with Gasteiger partial charge in [-0.25, -0.2) is 0 Å². The molecule has 2 N–H and O–H groups in total. The van der Waals surface area contributed by atoms with E-state index in [0.29, 0.717) is 12.1 Å². The summed E-state index contributed by atoms with van der Waals surface area (Å²) in [7, 11) is 0. The molecular weight excluding hydrogens is 294 g/mol. The average Bonchev–Trinajstić information content (AvgIpc) is 2.46. The van der Waals surface area contributed by atoms with E-state index in [4.69, 9.17) is 11.6 Å². The first kappa shape index (κ1) is 17.0. The fourth-order valence-corrected chi connectivity index (χ4v) is 2.72. The molecule has 1 heterocycles. The number of hydrogen-bond acceptors (Lipinski definition) is 3. The molecule has 1 aromatic carbocycles. The number of fused-ring (bicyclic) bond motifs is 1. The molecule has 0 saturated carbocycles. The van der Waals surface area contributed by atoms with E-state index in [0.717, 1.165) is 34.6 Å². The Balaban J connectivity index is 1.88. The van der Waals surface area contributed by atoms with Gasteiger partial charge in [-0.3, -0.25) is 4.98 Å². The molecule has 1 aromatic heterocycles. The zero-order valence-corrected chi connectivity index (χ0v) is 14.5. The van der Waals surface area contributed by atoms with Crippen molar-refractivity contribution < 1.29 is 0 Å². The molecule has 0 aliphatic carbocycles. The molecule has 2 aromatic rings. The Morgan fingerprint density at radius 3 is 2.73 bits per heavy atom. The molecule has 120 valence electrons. The number of nitrogens with one attached hydrogen (secondary N) is 2. The third kappa shape index (κ3) is 5.15. The van der Waals surface area contributed by atoms with Crippen LogP contribution in [-0.4, -0.2) is 23.6 Å². The predicted molar refractivity (Wildman–Crippen MR) is 96.8 cm³/mol. The smallest absolute Gasteiger partial charge is 0.0737 e. The highest BCUT2D eigenvalue weighted by Gasteiger charge is 2.06. The molecule has 3 nitrogen and oxygen atoms in total. The van der Waals surface area contributed by atoms with Crippen molar-refractivity contribution in [2.75, 3.05) is 11.9 Å². The number of anilines is 1. The molecule has 0 fully saturated rings. The minimum absolute atomic E-state index is 0.445. The van der Waals surface area contributed by atoms with Crippen molar-refractivity contribution in [3.63, 3.8) is 0 Å². The number of nitrogens with zero attached hydrogens (tertiary/aromatic N) is 1. The first-order valence-corrected chi connectivity index (χ1v) is 8.48. The summed E-state index contributed by atoms with van der Waals surface area (Å²) in [5.41, 5.74) is 2.07. The second-order valence-corrected chi connectivity index (χ2v) is 6.61. The van der Waals surface area contributed by atoms with Crippen LogP contribution in [0, 0.1) is 0 Å². The summed E-state index contributed by atoms with van der Waals surface area (Å²) in [6.07, 6.45) is 5.44. The lowest BCUT2D eigenvalue weighted by Gasteiger charge is -2.17. The van der Waals surface area contributed by atoms with Gasteiger partial charge in [0.1, 0.15) is 0 Å². The van der Waals surface area contributed by atoms with Gasteiger partial charge in [-0.1, -0.05) is 31.9 Å². The highest BCUT2D eigenvalue weighted by molar-refractivity contribution is 6.31. The van der Waals surface area contributed by atoms with E-state index in [9.17, 15) is 0 Å². The Morgan fingerprint density at radius 2 is 1.95 bits per heavy atom. The van der Waals surface area contributed by atoms with Crippen LogP contribution in [-0.2, 0) is 0 Å². The molecule has 2 rings (SSSR count). The number of rotatable bonds is 8. The summed E-state index contributed by atoms with van der Waals surface area (Å²) in [6, 6.07) is 8.91. The van der Waals surface area contributed by atoms with Gasteiger partial charge in [0.15, 0.2) is 0 Å². The number of unbranched alkanes of at least 4 members (excludes halogenated alkanes) is 1. The van der Waals surface area contributed by atoms with Crippen LogP contribution in [0.2, 0.25) is 5.02 Å². The maximum atomic E-state index is 6.03. The molecule has 0 aliphatic rings. The predicted octanol–water partition coefficient (Wildman–Crippen LogP) is 4.86. The van der Waals surface area contributed by atoms with E-state index in [1.807, 2.05) is 30.5 Å². The maximum absolute atomic E-state index is 6.03. The summed E-state index contributed by atoms with van der Waals surface area (Å²) in [5.74, 6) is 0. The molecule has 0 amide bonds. The van der Waals surface area contributed by atoms with Gasteiger partial charge in [-0.15, -0.1) is 0 Å². The number of pyridine rings is 1. The van der Waals surface area contributed by atoms with Crippen molar-refractivity contribution in [1.29, 1.82) is 0 Å². The van der Waals surface area contributed by atoms with Crippen LogP contribution in [0.3, 0.4) is 0 Å². The Morgan fingerprint density at radius 1 is 1.14 bits per heavy atom. The summed E-state index contributed by atoms with van der Waals surface area (Å²) < 4.78 is 0. The summed E-state index contributed by atoms with van der Waals surface area (Å²) >= 11 is 6.03. The highest BCUT2D eigenvalue weighted by atomic mass is 35.5. The molecule has 0 bridgehead atoms. The van der Waals surface area contributed by atoms with Crippen LogP contribution in [0.4, 0.5) is 5.69 Å². The van der Waals surface area contributed by atoms with Crippen LogP contribution >= 0.6 is 11.6 Å². The minimum Gasteiger partial charge on any atom is -0.382 e. The van der Waals surface area contributed by atoms with Crippen molar-refractivity contribution >= 4 is 28.2 Å². The van der Waals surface area contributed by atoms with Gasteiger partial charge in [-0.05, 0) is 50.6 Å². The van der Waals surface area contributed by atoms with Gasteiger partial charge in [0.2, 0.25) is 0 Å². The second kappa shape index (κ2) is 8.35. The molecule has 4 heteroatoms. The summed E-state index contributed by atoms with van der Waals surface area (Å²) in [4.78, 5) is 4.38. The third-order valence-electron chi connectivity index (χ3n) is 3.72. The largest absolute Gasteiger partial charge is 0.382 e. The van der Waals surface area contributed by atoms with Crippen LogP contribution in [0.5, 0.6) is 0 Å². The van der Waals surface area contributed by atoms with Gasteiger partial charge >= 0.3 is 0 Å². The zero-order valence-electron chi connectivity index (χ0n) is 13.7. The van der Waals surface area contributed by atoms with Crippen molar-refractivity contribution in [2.45, 2.75) is 52.1 Å². The highest BCUT2D eigenvalue weighted by Crippen LogP contribution is 2.25. The fraction of sp³-hybridized carbons (Fsp3) is 0.500. The quantitative estimate of drug-likeness (QED) is 0.682. The monoisotopic (exact) mass is 319 g/mol. The normalized spacial score (nSPS) is 12.8. The fourth-order valence-electron chi connectivity index (χ4n) is 2.55. The van der Waals surface area contributed by atoms with Crippen molar-refractivity contribution in [3.05, 3.63) is 35.5 Å². The van der Waals surface area contributed by atoms with Crippen LogP contribution in [0.1, 0.15) is 40.0 Å². The first-order chi connectivity index (χ1) is 10.6. The lowest BCUT2D eigenvalue weighted by Crippen LogP contribution is -2.24. The Bertz CT molecular complexity index is 598. The van der Waals surface area contributed by atoms with Gasteiger partial charge in [0, 0.05) is 34.4 Å². The Hall–Kier alpha value is -1.32. The Kier molecular flexibility index (Phi) is 6.47. The number of halogens is 1. The summed E-state index contributed by atoms with van der Waals surface area (Å²) in [6.45, 7) is 7.70. The van der Waals surface area contributed by atoms with Crippen molar-refractivity contribution in [3.8, 4) is 0 Å². The molecule has 1 atom stereocenters. The van der Waals surface area contributed by atoms with Gasteiger partial charge in [0.05, 0.1) is 5.52 Å². The SMILES string of the molecule is CC(C)NCCCCC(C)Nc1ccnc2cc(Cl)ccc12. The molecule has 0 radical (unpaired) electrons. The molecule has 1 unspecified atom stereocenters. The van der Waals surface area contributed by atoms with Crippen LogP contribution in [0.15, 0.2) is 30.5 Å². The van der Waals surface area contributed by atoms with E-state index < -0.39 is 0 Å². The van der Waals surface area contributed by atoms with Crippen LogP contribution < -0.4 is 10.6 Å². The molecule has 0 saturated heterocycles. The molecule has 0 aliphatic heterocycles. The number of aromatic nitrogens is 1. The van der Waals surface area contributed by atoms with Crippen molar-refractivity contribution in [2.24, 2.45) is 0 Å². The lowest BCUT2D eigenvalue weighted by molar-refractivity contribution is 0.537. The van der Waals surface area contributed by atoms with E-state index >= 15 is 0 Å². The topological polar surface area (TPSA) is 37.0 Å². The standard InChI is InChI=1S/C18H26ClN3/c1-13(2)20-10-5-4-6-14(3)22-17-9-11-21-18-12-15(19)7-8-16(17)18/h7-9,11-14,20H,4-6,10H2,1-3H3,(H,21,22). The Labute approximate surface area is 138 Å². The van der Waals surface area contributed by atoms with Crippen LogP contribution in [0.25, 0.3) is 10.9 Å². The molecule has 0 spiro atoms. The average molecular weight is 320 g/mol. The van der Waals surface area contributed by atoms with Gasteiger partial charge in [-0.2, -0.15) is 0 Å². The van der Waals surface area contributed by atoms with Gasteiger partial charge < -0.3 is 10.6 Å².